The molecule has 0 amide bonds. The normalized spacial score (nSPS) is 12.8. The Balaban J connectivity index is 1.41. The molecule has 3 aromatic carbocycles. The van der Waals surface area contributed by atoms with E-state index in [1.807, 2.05) is 42.5 Å². The molecule has 3 heterocycles. The summed E-state index contributed by atoms with van der Waals surface area (Å²) in [6.07, 6.45) is 2.01. The van der Waals surface area contributed by atoms with E-state index in [0.717, 1.165) is 16.6 Å². The summed E-state index contributed by atoms with van der Waals surface area (Å²) in [7, 11) is 0. The van der Waals surface area contributed by atoms with Gasteiger partial charge in [0.05, 0.1) is 0 Å². The fraction of sp³-hybridized carbons (Fsp3) is 0. The van der Waals surface area contributed by atoms with Crippen molar-refractivity contribution in [2.75, 3.05) is 4.90 Å². The van der Waals surface area contributed by atoms with E-state index in [1.54, 1.807) is 0 Å². The van der Waals surface area contributed by atoms with Gasteiger partial charge in [-0.05, 0) is 0 Å². The van der Waals surface area contributed by atoms with Gasteiger partial charge in [-0.3, -0.25) is 0 Å². The van der Waals surface area contributed by atoms with Gasteiger partial charge in [-0.1, -0.05) is 0 Å². The van der Waals surface area contributed by atoms with Crippen LogP contribution in [0.3, 0.4) is 0 Å². The van der Waals surface area contributed by atoms with Crippen LogP contribution in [-0.4, -0.2) is 34.4 Å². The molecule has 0 bridgehead atoms. The van der Waals surface area contributed by atoms with Gasteiger partial charge >= 0.3 is 205 Å². The molecule has 5 aromatic rings. The molecule has 0 radical (unpaired) electrons. The molecule has 33 heavy (non-hydrogen) atoms. The number of nitrogens with zero attached hydrogens (tertiary/aromatic N) is 3. The molecular formula is C28H17N3Se2. The molecule has 1 aliphatic heterocycles. The van der Waals surface area contributed by atoms with Crippen LogP contribution in [0.2, 0.25) is 0 Å². The minimum atomic E-state index is 0.0868. The summed E-state index contributed by atoms with van der Waals surface area (Å²) >= 11 is 0.394. The van der Waals surface area contributed by atoms with Crippen molar-refractivity contribution in [2.24, 2.45) is 0 Å². The Labute approximate surface area is 204 Å². The fourth-order valence-electron chi connectivity index (χ4n) is 4.00. The molecule has 0 fully saturated rings. The molecule has 2 aromatic heterocycles. The van der Waals surface area contributed by atoms with E-state index in [9.17, 15) is 5.26 Å². The molecule has 0 saturated carbocycles. The predicted molar refractivity (Wildman–Crippen MR) is 138 cm³/mol. The standard InChI is InChI=1S/C28H17N3Se2/c29-18-20(23-15-13-19-7-1-2-8-22(19)30-23)17-21-14-16-28(32-21)31-24-9-3-5-11-26(24)33-27-12-6-4-10-25(27)31/h1-17H/b20-17+. The van der Waals surface area contributed by atoms with Crippen molar-refractivity contribution in [2.45, 2.75) is 0 Å². The molecule has 1 aliphatic rings. The number of fused-ring (bicyclic) bond motifs is 3. The van der Waals surface area contributed by atoms with Crippen LogP contribution in [-0.2, 0) is 0 Å². The number of nitriles is 1. The molecule has 0 atom stereocenters. The van der Waals surface area contributed by atoms with Crippen molar-refractivity contribution < 1.29 is 0 Å². The predicted octanol–water partition coefficient (Wildman–Crippen LogP) is 4.79. The SMILES string of the molecule is N#C/C(=C\c1ccc(N2c3ccccc3[Se]c3ccccc32)[se]1)c1ccc2ccccc2n1. The van der Waals surface area contributed by atoms with Crippen molar-refractivity contribution >= 4 is 76.9 Å². The number of rotatable bonds is 3. The maximum absolute atomic E-state index is 9.88. The van der Waals surface area contributed by atoms with Crippen molar-refractivity contribution in [1.29, 1.82) is 5.26 Å². The fourth-order valence-corrected chi connectivity index (χ4v) is 8.28. The van der Waals surface area contributed by atoms with Gasteiger partial charge in [0.1, 0.15) is 0 Å². The second kappa shape index (κ2) is 8.52. The van der Waals surface area contributed by atoms with Gasteiger partial charge in [0.25, 0.3) is 0 Å². The first kappa shape index (κ1) is 20.2. The molecule has 0 saturated heterocycles. The van der Waals surface area contributed by atoms with E-state index in [4.69, 9.17) is 4.98 Å². The van der Waals surface area contributed by atoms with E-state index in [2.05, 4.69) is 71.6 Å². The number of pyridine rings is 1. The van der Waals surface area contributed by atoms with E-state index in [-0.39, 0.29) is 14.5 Å². The number of hydrogen-bond acceptors (Lipinski definition) is 3. The van der Waals surface area contributed by atoms with E-state index >= 15 is 0 Å². The monoisotopic (exact) mass is 555 g/mol. The van der Waals surface area contributed by atoms with Crippen molar-refractivity contribution in [1.82, 2.24) is 4.98 Å². The van der Waals surface area contributed by atoms with Crippen molar-refractivity contribution in [3.05, 3.63) is 107 Å². The first-order chi connectivity index (χ1) is 16.3. The van der Waals surface area contributed by atoms with Crippen molar-refractivity contribution in [3.8, 4) is 6.07 Å². The number of aromatic nitrogens is 1. The Hall–Kier alpha value is -3.38. The molecule has 156 valence electrons. The first-order valence-electron chi connectivity index (χ1n) is 10.5. The topological polar surface area (TPSA) is 39.9 Å². The zero-order chi connectivity index (χ0) is 22.2. The Morgan fingerprint density at radius 2 is 1.48 bits per heavy atom. The minimum absolute atomic E-state index is 0.0868. The number of hydrogen-bond donors (Lipinski definition) is 0. The summed E-state index contributed by atoms with van der Waals surface area (Å²) in [6.45, 7) is 0. The van der Waals surface area contributed by atoms with Gasteiger partial charge < -0.3 is 0 Å². The molecule has 6 rings (SSSR count). The summed E-state index contributed by atoms with van der Waals surface area (Å²) < 4.78 is 5.27. The molecule has 5 heteroatoms. The van der Waals surface area contributed by atoms with Gasteiger partial charge in [-0.15, -0.1) is 0 Å². The Morgan fingerprint density at radius 1 is 0.788 bits per heavy atom. The molecule has 0 spiro atoms. The summed E-state index contributed by atoms with van der Waals surface area (Å²) in [5.41, 5.74) is 4.78. The number of para-hydroxylation sites is 3. The van der Waals surface area contributed by atoms with Crippen molar-refractivity contribution in [3.63, 3.8) is 0 Å². The number of benzene rings is 3. The number of allylic oxidation sites excluding steroid dienone is 1. The Morgan fingerprint density at radius 3 is 2.24 bits per heavy atom. The summed E-state index contributed by atoms with van der Waals surface area (Å²) in [6, 6.07) is 36.1. The first-order valence-corrected chi connectivity index (χ1v) is 14.0. The van der Waals surface area contributed by atoms with Crippen LogP contribution in [0.5, 0.6) is 0 Å². The van der Waals surface area contributed by atoms with Gasteiger partial charge in [0, 0.05) is 0 Å². The quantitative estimate of drug-likeness (QED) is 0.234. The molecular weight excluding hydrogens is 536 g/mol. The second-order valence-corrected chi connectivity index (χ2v) is 12.2. The third-order valence-electron chi connectivity index (χ3n) is 5.55. The summed E-state index contributed by atoms with van der Waals surface area (Å²) in [5.74, 6) is 0. The number of anilines is 3. The van der Waals surface area contributed by atoms with Gasteiger partial charge in [-0.25, -0.2) is 0 Å². The van der Waals surface area contributed by atoms with E-state index in [0.29, 0.717) is 20.5 Å². The van der Waals surface area contributed by atoms with Crippen LogP contribution in [0.1, 0.15) is 10.1 Å². The van der Waals surface area contributed by atoms with Gasteiger partial charge in [0.15, 0.2) is 0 Å². The zero-order valence-electron chi connectivity index (χ0n) is 17.5. The third-order valence-corrected chi connectivity index (χ3v) is 10.1. The molecule has 0 unspecified atom stereocenters. The second-order valence-electron chi connectivity index (χ2n) is 7.61. The van der Waals surface area contributed by atoms with Crippen LogP contribution in [0, 0.1) is 11.3 Å². The van der Waals surface area contributed by atoms with Crippen LogP contribution < -0.4 is 13.8 Å². The average molecular weight is 553 g/mol. The van der Waals surface area contributed by atoms with Crippen LogP contribution in [0.4, 0.5) is 15.9 Å². The van der Waals surface area contributed by atoms with Crippen LogP contribution in [0.25, 0.3) is 22.6 Å². The van der Waals surface area contributed by atoms with E-state index in [1.165, 1.54) is 29.3 Å². The molecule has 3 nitrogen and oxygen atoms in total. The molecule has 0 N–H and O–H groups in total. The van der Waals surface area contributed by atoms with Gasteiger partial charge in [-0.2, -0.15) is 0 Å². The average Bonchev–Trinajstić information content (AvgIpc) is 3.33. The summed E-state index contributed by atoms with van der Waals surface area (Å²) in [4.78, 5) is 7.13. The van der Waals surface area contributed by atoms with Crippen LogP contribution >= 0.6 is 0 Å². The third kappa shape index (κ3) is 3.74. The Kier molecular flexibility index (Phi) is 5.23. The van der Waals surface area contributed by atoms with E-state index < -0.39 is 0 Å². The maximum atomic E-state index is 9.88. The summed E-state index contributed by atoms with van der Waals surface area (Å²) in [5, 5.41) is 11.0. The van der Waals surface area contributed by atoms with Gasteiger partial charge in [0.2, 0.25) is 0 Å². The zero-order valence-corrected chi connectivity index (χ0v) is 20.9. The van der Waals surface area contributed by atoms with Crippen LogP contribution in [0.15, 0.2) is 97.1 Å². The Bertz CT molecular complexity index is 1530. The molecule has 0 aliphatic carbocycles.